The summed E-state index contributed by atoms with van der Waals surface area (Å²) in [6.45, 7) is 0.817. The molecule has 0 aliphatic heterocycles. The zero-order valence-electron chi connectivity index (χ0n) is 8.89. The van der Waals surface area contributed by atoms with E-state index in [-0.39, 0.29) is 0 Å². The second kappa shape index (κ2) is 4.06. The highest BCUT2D eigenvalue weighted by Crippen LogP contribution is 2.19. The van der Waals surface area contributed by atoms with Crippen molar-refractivity contribution in [3.8, 4) is 11.4 Å². The highest BCUT2D eigenvalue weighted by Gasteiger charge is 2.20. The molecule has 1 N–H and O–H groups in total. The Bertz CT molecular complexity index is 463. The number of nitrogens with zero attached hydrogens (tertiary/aromatic N) is 2. The van der Waals surface area contributed by atoms with Gasteiger partial charge in [0.2, 0.25) is 0 Å². The molecule has 82 valence electrons. The van der Waals surface area contributed by atoms with Gasteiger partial charge in [0, 0.05) is 18.8 Å². The van der Waals surface area contributed by atoms with Crippen molar-refractivity contribution in [3.05, 3.63) is 36.5 Å². The number of rotatable bonds is 4. The second-order valence-corrected chi connectivity index (χ2v) is 4.04. The van der Waals surface area contributed by atoms with Crippen molar-refractivity contribution in [1.82, 2.24) is 15.3 Å². The van der Waals surface area contributed by atoms with Crippen LogP contribution in [-0.2, 0) is 6.54 Å². The van der Waals surface area contributed by atoms with E-state index < -0.39 is 0 Å². The summed E-state index contributed by atoms with van der Waals surface area (Å²) in [5.41, 5.74) is 1.95. The maximum atomic E-state index is 5.02. The molecule has 0 spiro atoms. The molecule has 1 aliphatic carbocycles. The van der Waals surface area contributed by atoms with Crippen molar-refractivity contribution in [2.24, 2.45) is 0 Å². The van der Waals surface area contributed by atoms with Crippen LogP contribution < -0.4 is 5.32 Å². The molecule has 1 fully saturated rings. The molecule has 0 bridgehead atoms. The van der Waals surface area contributed by atoms with Crippen LogP contribution in [0, 0.1) is 0 Å². The molecule has 2 aromatic rings. The largest absolute Gasteiger partial charge is 0.472 e. The van der Waals surface area contributed by atoms with Crippen LogP contribution in [0.1, 0.15) is 18.5 Å². The lowest BCUT2D eigenvalue weighted by Gasteiger charge is -2.03. The van der Waals surface area contributed by atoms with Crippen molar-refractivity contribution in [2.45, 2.75) is 25.4 Å². The van der Waals surface area contributed by atoms with Gasteiger partial charge >= 0.3 is 0 Å². The van der Waals surface area contributed by atoms with Gasteiger partial charge in [-0.2, -0.15) is 0 Å². The highest BCUT2D eigenvalue weighted by molar-refractivity contribution is 5.52. The Morgan fingerprint density at radius 1 is 1.38 bits per heavy atom. The summed E-state index contributed by atoms with van der Waals surface area (Å²) >= 11 is 0. The molecule has 4 heteroatoms. The predicted octanol–water partition coefficient (Wildman–Crippen LogP) is 1.99. The lowest BCUT2D eigenvalue weighted by Crippen LogP contribution is -2.16. The maximum Gasteiger partial charge on any atom is 0.162 e. The van der Waals surface area contributed by atoms with Gasteiger partial charge in [-0.25, -0.2) is 9.97 Å². The second-order valence-electron chi connectivity index (χ2n) is 4.04. The van der Waals surface area contributed by atoms with E-state index in [4.69, 9.17) is 4.42 Å². The summed E-state index contributed by atoms with van der Waals surface area (Å²) in [6.07, 6.45) is 7.67. The molecule has 1 aliphatic rings. The minimum atomic E-state index is 0.701. The van der Waals surface area contributed by atoms with E-state index in [0.717, 1.165) is 23.6 Å². The molecule has 1 saturated carbocycles. The molecule has 0 radical (unpaired) electrons. The first-order chi connectivity index (χ1) is 7.92. The fourth-order valence-corrected chi connectivity index (χ4v) is 1.56. The Labute approximate surface area is 93.7 Å². The van der Waals surface area contributed by atoms with E-state index in [1.54, 1.807) is 18.7 Å². The van der Waals surface area contributed by atoms with Gasteiger partial charge in [-0.15, -0.1) is 0 Å². The van der Waals surface area contributed by atoms with Crippen molar-refractivity contribution in [1.29, 1.82) is 0 Å². The minimum absolute atomic E-state index is 0.701. The first kappa shape index (κ1) is 9.54. The summed E-state index contributed by atoms with van der Waals surface area (Å²) in [5.74, 6) is 0.726. The SMILES string of the molecule is c1cc(CNC2CC2)nc(-c2ccoc2)n1. The van der Waals surface area contributed by atoms with Gasteiger partial charge in [-0.3, -0.25) is 0 Å². The average Bonchev–Trinajstić information content (AvgIpc) is 2.99. The van der Waals surface area contributed by atoms with Crippen LogP contribution in [0.2, 0.25) is 0 Å². The molecule has 4 nitrogen and oxygen atoms in total. The fourth-order valence-electron chi connectivity index (χ4n) is 1.56. The lowest BCUT2D eigenvalue weighted by molar-refractivity contribution is 0.568. The minimum Gasteiger partial charge on any atom is -0.472 e. The van der Waals surface area contributed by atoms with Crippen LogP contribution in [0.3, 0.4) is 0 Å². The number of aromatic nitrogens is 2. The van der Waals surface area contributed by atoms with Gasteiger partial charge in [-0.1, -0.05) is 0 Å². The third kappa shape index (κ3) is 2.12. The Morgan fingerprint density at radius 3 is 3.06 bits per heavy atom. The summed E-state index contributed by atoms with van der Waals surface area (Å²) in [5, 5.41) is 3.43. The van der Waals surface area contributed by atoms with E-state index in [9.17, 15) is 0 Å². The van der Waals surface area contributed by atoms with Gasteiger partial charge in [-0.05, 0) is 25.0 Å². The third-order valence-electron chi connectivity index (χ3n) is 2.64. The topological polar surface area (TPSA) is 51.0 Å². The number of furan rings is 1. The molecule has 0 amide bonds. The Kier molecular flexibility index (Phi) is 2.42. The zero-order valence-corrected chi connectivity index (χ0v) is 8.89. The molecular weight excluding hydrogens is 202 g/mol. The highest BCUT2D eigenvalue weighted by atomic mass is 16.3. The first-order valence-corrected chi connectivity index (χ1v) is 5.50. The summed E-state index contributed by atoms with van der Waals surface area (Å²) in [4.78, 5) is 8.71. The van der Waals surface area contributed by atoms with E-state index in [0.29, 0.717) is 6.04 Å². The Balaban J connectivity index is 1.76. The number of nitrogens with one attached hydrogen (secondary N) is 1. The molecular formula is C12H13N3O. The molecule has 0 saturated heterocycles. The quantitative estimate of drug-likeness (QED) is 0.847. The van der Waals surface area contributed by atoms with E-state index >= 15 is 0 Å². The van der Waals surface area contributed by atoms with Crippen LogP contribution in [0.4, 0.5) is 0 Å². The third-order valence-corrected chi connectivity index (χ3v) is 2.64. The van der Waals surface area contributed by atoms with Gasteiger partial charge < -0.3 is 9.73 Å². The normalized spacial score (nSPS) is 15.2. The van der Waals surface area contributed by atoms with Crippen LogP contribution in [0.5, 0.6) is 0 Å². The van der Waals surface area contributed by atoms with Crippen LogP contribution in [-0.4, -0.2) is 16.0 Å². The zero-order chi connectivity index (χ0) is 10.8. The van der Waals surface area contributed by atoms with E-state index in [2.05, 4.69) is 15.3 Å². The summed E-state index contributed by atoms with van der Waals surface area (Å²) in [7, 11) is 0. The molecule has 16 heavy (non-hydrogen) atoms. The summed E-state index contributed by atoms with van der Waals surface area (Å²) < 4.78 is 5.02. The van der Waals surface area contributed by atoms with Crippen LogP contribution in [0.25, 0.3) is 11.4 Å². The lowest BCUT2D eigenvalue weighted by atomic mass is 10.3. The predicted molar refractivity (Wildman–Crippen MR) is 59.6 cm³/mol. The molecule has 2 aromatic heterocycles. The standard InChI is InChI=1S/C12H13N3O/c1-2-10(1)14-7-11-3-5-13-12(15-11)9-4-6-16-8-9/h3-6,8,10,14H,1-2,7H2. The average molecular weight is 215 g/mol. The Hall–Kier alpha value is -1.68. The van der Waals surface area contributed by atoms with Crippen molar-refractivity contribution in [3.63, 3.8) is 0 Å². The monoisotopic (exact) mass is 215 g/mol. The van der Waals surface area contributed by atoms with Gasteiger partial charge in [0.25, 0.3) is 0 Å². The van der Waals surface area contributed by atoms with Crippen LogP contribution in [0.15, 0.2) is 35.3 Å². The van der Waals surface area contributed by atoms with Crippen molar-refractivity contribution < 1.29 is 4.42 Å². The summed E-state index contributed by atoms with van der Waals surface area (Å²) in [6, 6.07) is 4.51. The first-order valence-electron chi connectivity index (χ1n) is 5.50. The number of hydrogen-bond donors (Lipinski definition) is 1. The smallest absolute Gasteiger partial charge is 0.162 e. The van der Waals surface area contributed by atoms with E-state index in [1.165, 1.54) is 12.8 Å². The Morgan fingerprint density at radius 2 is 2.31 bits per heavy atom. The number of hydrogen-bond acceptors (Lipinski definition) is 4. The van der Waals surface area contributed by atoms with E-state index in [1.807, 2.05) is 12.1 Å². The van der Waals surface area contributed by atoms with Crippen LogP contribution >= 0.6 is 0 Å². The molecule has 2 heterocycles. The van der Waals surface area contributed by atoms with Crippen molar-refractivity contribution in [2.75, 3.05) is 0 Å². The maximum absolute atomic E-state index is 5.02. The molecule has 3 rings (SSSR count). The molecule has 0 aromatic carbocycles. The fraction of sp³-hybridized carbons (Fsp3) is 0.333. The van der Waals surface area contributed by atoms with Gasteiger partial charge in [0.1, 0.15) is 6.26 Å². The van der Waals surface area contributed by atoms with Gasteiger partial charge in [0.05, 0.1) is 17.5 Å². The van der Waals surface area contributed by atoms with Gasteiger partial charge in [0.15, 0.2) is 5.82 Å². The van der Waals surface area contributed by atoms with Crippen molar-refractivity contribution >= 4 is 0 Å². The molecule has 0 unspecified atom stereocenters. The molecule has 0 atom stereocenters.